The van der Waals surface area contributed by atoms with Crippen molar-refractivity contribution >= 4 is 38.5 Å². The van der Waals surface area contributed by atoms with Crippen molar-refractivity contribution in [3.05, 3.63) is 130 Å². The molecule has 1 aliphatic heterocycles. The van der Waals surface area contributed by atoms with Gasteiger partial charge >= 0.3 is 0 Å². The molecular formula is C39H43N3O9S. The summed E-state index contributed by atoms with van der Waals surface area (Å²) in [6, 6.07) is 29.2. The van der Waals surface area contributed by atoms with Crippen LogP contribution in [0.15, 0.2) is 106 Å². The Bertz CT molecular complexity index is 2150. The number of rotatable bonds is 10. The largest absolute Gasteiger partial charge is 0.495 e. The van der Waals surface area contributed by atoms with Gasteiger partial charge in [-0.05, 0) is 44.2 Å². The van der Waals surface area contributed by atoms with Crippen LogP contribution in [0.4, 0.5) is 5.69 Å². The average molecular weight is 730 g/mol. The van der Waals surface area contributed by atoms with Gasteiger partial charge in [-0.2, -0.15) is 8.42 Å². The minimum absolute atomic E-state index is 0. The van der Waals surface area contributed by atoms with Gasteiger partial charge in [0.2, 0.25) is 0 Å². The van der Waals surface area contributed by atoms with Crippen molar-refractivity contribution in [2.75, 3.05) is 57.5 Å². The van der Waals surface area contributed by atoms with Gasteiger partial charge in [0.1, 0.15) is 11.5 Å². The van der Waals surface area contributed by atoms with Gasteiger partial charge in [0.05, 0.1) is 30.0 Å². The molecule has 1 aliphatic rings. The maximum atomic E-state index is 13.4. The summed E-state index contributed by atoms with van der Waals surface area (Å²) in [7, 11) is -1.97. The molecule has 1 fully saturated rings. The number of methoxy groups -OCH3 is 1. The molecule has 4 N–H and O–H groups in total. The standard InChI is InChI=1S/C38H37N3O5.CH4O3S.H2O/c1-26-34(42)30-12-8-13-31(37(30)46-36(26)29-18-16-28(17-19-29)35(43)27-10-4-3-5-11-27)38(44)39-20-9-21-40-22-24-41(25-23-40)32-14-6-7-15-33(32)45-2;1-5(2,3)4;/h3-8,10-19H,9,20-25H2,1-2H3,(H,39,44);1H3,(H,2,3,4);1H2. The molecule has 0 atom stereocenters. The fourth-order valence-corrected chi connectivity index (χ4v) is 6.00. The van der Waals surface area contributed by atoms with E-state index in [1.807, 2.05) is 36.4 Å². The Hall–Kier alpha value is -5.34. The lowest BCUT2D eigenvalue weighted by atomic mass is 9.99. The highest BCUT2D eigenvalue weighted by atomic mass is 32.2. The van der Waals surface area contributed by atoms with Crippen LogP contribution in [0, 0.1) is 6.92 Å². The average Bonchev–Trinajstić information content (AvgIpc) is 3.14. The van der Waals surface area contributed by atoms with Crippen molar-refractivity contribution in [3.8, 4) is 17.1 Å². The molecule has 4 aromatic carbocycles. The van der Waals surface area contributed by atoms with E-state index >= 15 is 0 Å². The van der Waals surface area contributed by atoms with Gasteiger partial charge in [-0.15, -0.1) is 0 Å². The molecule has 1 saturated heterocycles. The maximum Gasteiger partial charge on any atom is 0.261 e. The van der Waals surface area contributed by atoms with E-state index in [1.165, 1.54) is 0 Å². The number of carbonyl (C=O) groups excluding carboxylic acids is 2. The third-order valence-corrected chi connectivity index (χ3v) is 8.57. The lowest BCUT2D eigenvalue weighted by Gasteiger charge is -2.36. The van der Waals surface area contributed by atoms with E-state index in [9.17, 15) is 22.8 Å². The highest BCUT2D eigenvalue weighted by Gasteiger charge is 2.21. The van der Waals surface area contributed by atoms with E-state index in [-0.39, 0.29) is 28.2 Å². The zero-order valence-electron chi connectivity index (χ0n) is 29.3. The molecule has 0 saturated carbocycles. The van der Waals surface area contributed by atoms with Crippen molar-refractivity contribution in [3.63, 3.8) is 0 Å². The normalized spacial score (nSPS) is 13.0. The molecular weight excluding hydrogens is 687 g/mol. The lowest BCUT2D eigenvalue weighted by Crippen LogP contribution is -2.47. The molecule has 0 radical (unpaired) electrons. The number of ether oxygens (including phenoxy) is 1. The molecule has 0 aliphatic carbocycles. The molecule has 52 heavy (non-hydrogen) atoms. The molecule has 5 aromatic rings. The Balaban J connectivity index is 0.000000944. The van der Waals surface area contributed by atoms with Crippen molar-refractivity contribution < 1.29 is 37.2 Å². The number of nitrogens with one attached hydrogen (secondary N) is 1. The monoisotopic (exact) mass is 729 g/mol. The van der Waals surface area contributed by atoms with Gasteiger partial charge in [0.15, 0.2) is 16.8 Å². The number of piperazine rings is 1. The van der Waals surface area contributed by atoms with Crippen molar-refractivity contribution in [2.24, 2.45) is 0 Å². The minimum atomic E-state index is -3.67. The molecule has 0 unspecified atom stereocenters. The highest BCUT2D eigenvalue weighted by molar-refractivity contribution is 7.85. The number of para-hydroxylation sites is 3. The van der Waals surface area contributed by atoms with Gasteiger partial charge in [-0.3, -0.25) is 23.8 Å². The van der Waals surface area contributed by atoms with Crippen LogP contribution in [0.3, 0.4) is 0 Å². The molecule has 12 nitrogen and oxygen atoms in total. The summed E-state index contributed by atoms with van der Waals surface area (Å²) in [5, 5.41) is 3.38. The van der Waals surface area contributed by atoms with E-state index in [0.29, 0.717) is 51.8 Å². The third-order valence-electron chi connectivity index (χ3n) is 8.57. The molecule has 1 aromatic heterocycles. The van der Waals surface area contributed by atoms with Crippen molar-refractivity contribution in [2.45, 2.75) is 13.3 Å². The third kappa shape index (κ3) is 9.92. The van der Waals surface area contributed by atoms with Crippen LogP contribution in [-0.2, 0) is 10.1 Å². The Morgan fingerprint density at radius 3 is 2.13 bits per heavy atom. The number of nitrogens with zero attached hydrogens (tertiary/aromatic N) is 2. The number of fused-ring (bicyclic) bond motifs is 1. The molecule has 13 heteroatoms. The van der Waals surface area contributed by atoms with Crippen molar-refractivity contribution in [1.29, 1.82) is 0 Å². The number of amides is 1. The predicted molar refractivity (Wildman–Crippen MR) is 202 cm³/mol. The fraction of sp³-hybridized carbons (Fsp3) is 0.256. The first-order valence-corrected chi connectivity index (χ1v) is 18.4. The minimum Gasteiger partial charge on any atom is -0.495 e. The van der Waals surface area contributed by atoms with E-state index in [2.05, 4.69) is 21.2 Å². The summed E-state index contributed by atoms with van der Waals surface area (Å²) >= 11 is 0. The summed E-state index contributed by atoms with van der Waals surface area (Å²) in [4.78, 5) is 44.3. The molecule has 6 rings (SSSR count). The highest BCUT2D eigenvalue weighted by Crippen LogP contribution is 2.29. The number of hydrogen-bond donors (Lipinski definition) is 2. The lowest BCUT2D eigenvalue weighted by molar-refractivity contribution is 0.0951. The molecule has 0 bridgehead atoms. The van der Waals surface area contributed by atoms with Crippen LogP contribution in [0.2, 0.25) is 0 Å². The Labute approximate surface area is 302 Å². The van der Waals surface area contributed by atoms with Gasteiger partial charge in [0.25, 0.3) is 16.0 Å². The first-order valence-electron chi connectivity index (χ1n) is 16.5. The summed E-state index contributed by atoms with van der Waals surface area (Å²) < 4.78 is 37.7. The zero-order valence-corrected chi connectivity index (χ0v) is 30.1. The van der Waals surface area contributed by atoms with E-state index in [4.69, 9.17) is 13.7 Å². The predicted octanol–water partition coefficient (Wildman–Crippen LogP) is 4.63. The summed E-state index contributed by atoms with van der Waals surface area (Å²) in [6.45, 7) is 6.78. The zero-order chi connectivity index (χ0) is 36.5. The number of benzene rings is 4. The van der Waals surface area contributed by atoms with Crippen LogP contribution >= 0.6 is 0 Å². The van der Waals surface area contributed by atoms with Crippen LogP contribution in [0.25, 0.3) is 22.3 Å². The topological polar surface area (TPSA) is 178 Å². The van der Waals surface area contributed by atoms with Gasteiger partial charge in [-0.25, -0.2) is 0 Å². The first-order chi connectivity index (χ1) is 24.4. The summed E-state index contributed by atoms with van der Waals surface area (Å²) in [5.41, 5.74) is 3.73. The van der Waals surface area contributed by atoms with Crippen LogP contribution in [0.5, 0.6) is 5.75 Å². The number of ketones is 1. The maximum absolute atomic E-state index is 13.4. The number of carbonyl (C=O) groups is 2. The second kappa shape index (κ2) is 17.7. The Kier molecular flexibility index (Phi) is 13.5. The number of anilines is 1. The Morgan fingerprint density at radius 2 is 1.48 bits per heavy atom. The molecule has 1 amide bonds. The molecule has 0 spiro atoms. The van der Waals surface area contributed by atoms with Crippen LogP contribution in [-0.4, -0.2) is 87.7 Å². The van der Waals surface area contributed by atoms with E-state index in [0.717, 1.165) is 50.6 Å². The van der Waals surface area contributed by atoms with E-state index < -0.39 is 10.1 Å². The second-order valence-electron chi connectivity index (χ2n) is 12.2. The second-order valence-corrected chi connectivity index (χ2v) is 13.6. The SMILES string of the molecule is COc1ccccc1N1CCN(CCCNC(=O)c2cccc3c(=O)c(C)c(-c4ccc(C(=O)c5ccccc5)cc4)oc23)CC1.CS(=O)(=O)O.O. The van der Waals surface area contributed by atoms with E-state index in [1.54, 1.807) is 68.6 Å². The Morgan fingerprint density at radius 1 is 0.865 bits per heavy atom. The number of hydrogen-bond acceptors (Lipinski definition) is 9. The van der Waals surface area contributed by atoms with Crippen molar-refractivity contribution in [1.82, 2.24) is 10.2 Å². The van der Waals surface area contributed by atoms with Gasteiger partial charge in [0, 0.05) is 55.0 Å². The van der Waals surface area contributed by atoms with Gasteiger partial charge in [-0.1, -0.05) is 72.8 Å². The van der Waals surface area contributed by atoms with Crippen LogP contribution in [0.1, 0.15) is 38.3 Å². The van der Waals surface area contributed by atoms with Crippen LogP contribution < -0.4 is 20.4 Å². The smallest absolute Gasteiger partial charge is 0.261 e. The fourth-order valence-electron chi connectivity index (χ4n) is 6.00. The molecule has 2 heterocycles. The summed E-state index contributed by atoms with van der Waals surface area (Å²) in [5.74, 6) is 0.897. The van der Waals surface area contributed by atoms with Gasteiger partial charge < -0.3 is 24.8 Å². The first kappa shape index (κ1) is 39.4. The summed E-state index contributed by atoms with van der Waals surface area (Å²) in [6.07, 6.45) is 1.51. The quantitative estimate of drug-likeness (QED) is 0.117. The molecule has 274 valence electrons.